The standard InChI is InChI=1S/C45H24ClN3O3/c46-34-21-19-26(24-32(34)25-20-22-38-33(23-25)27-9-1-4-14-35(27)50-38)43-47-44(30-12-7-17-39-41(30)28-10-2-5-15-36(28)51-39)49-45(48-43)31-13-8-18-40-42(31)29-11-3-6-16-37(29)52-40/h1-24H. The summed E-state index contributed by atoms with van der Waals surface area (Å²) in [6.07, 6.45) is 0. The van der Waals surface area contributed by atoms with Crippen molar-refractivity contribution in [1.29, 1.82) is 0 Å². The maximum absolute atomic E-state index is 6.94. The highest BCUT2D eigenvalue weighted by atomic mass is 35.5. The molecular weight excluding hydrogens is 666 g/mol. The molecule has 11 aromatic rings. The number of rotatable bonds is 4. The van der Waals surface area contributed by atoms with Crippen LogP contribution in [0.3, 0.4) is 0 Å². The van der Waals surface area contributed by atoms with Crippen molar-refractivity contribution in [3.05, 3.63) is 151 Å². The van der Waals surface area contributed by atoms with Crippen molar-refractivity contribution in [2.24, 2.45) is 0 Å². The quantitative estimate of drug-likeness (QED) is 0.183. The number of hydrogen-bond donors (Lipinski definition) is 0. The maximum atomic E-state index is 6.94. The molecule has 0 aliphatic heterocycles. The highest BCUT2D eigenvalue weighted by Gasteiger charge is 2.21. The number of para-hydroxylation sites is 3. The third-order valence-corrected chi connectivity index (χ3v) is 10.2. The summed E-state index contributed by atoms with van der Waals surface area (Å²) in [5.74, 6) is 1.58. The summed E-state index contributed by atoms with van der Waals surface area (Å²) >= 11 is 6.94. The van der Waals surface area contributed by atoms with E-state index in [4.69, 9.17) is 39.8 Å². The molecule has 0 N–H and O–H groups in total. The first-order chi connectivity index (χ1) is 25.7. The van der Waals surface area contributed by atoms with Crippen molar-refractivity contribution in [3.63, 3.8) is 0 Å². The van der Waals surface area contributed by atoms with Gasteiger partial charge in [-0.2, -0.15) is 0 Å². The van der Waals surface area contributed by atoms with E-state index in [1.807, 2.05) is 115 Å². The van der Waals surface area contributed by atoms with Gasteiger partial charge in [-0.1, -0.05) is 96.5 Å². The number of benzene rings is 7. The molecule has 4 heterocycles. The van der Waals surface area contributed by atoms with E-state index in [1.54, 1.807) is 0 Å². The van der Waals surface area contributed by atoms with Crippen LogP contribution in [0.25, 0.3) is 111 Å². The number of furan rings is 3. The van der Waals surface area contributed by atoms with Crippen molar-refractivity contribution in [1.82, 2.24) is 15.0 Å². The minimum Gasteiger partial charge on any atom is -0.456 e. The molecule has 7 aromatic carbocycles. The summed E-state index contributed by atoms with van der Waals surface area (Å²) in [6, 6.07) is 48.2. The highest BCUT2D eigenvalue weighted by molar-refractivity contribution is 6.33. The predicted octanol–water partition coefficient (Wildman–Crippen LogP) is 12.9. The van der Waals surface area contributed by atoms with Crippen LogP contribution in [-0.4, -0.2) is 15.0 Å². The van der Waals surface area contributed by atoms with Gasteiger partial charge in [0.2, 0.25) is 0 Å². The zero-order valence-electron chi connectivity index (χ0n) is 27.3. The fourth-order valence-electron chi connectivity index (χ4n) is 7.45. The molecule has 0 saturated heterocycles. The summed E-state index contributed by atoms with van der Waals surface area (Å²) in [4.78, 5) is 15.5. The molecule has 0 fully saturated rings. The van der Waals surface area contributed by atoms with Crippen LogP contribution in [0.15, 0.2) is 159 Å². The average molecular weight is 690 g/mol. The van der Waals surface area contributed by atoms with E-state index in [9.17, 15) is 0 Å². The fraction of sp³-hybridized carbons (Fsp3) is 0. The van der Waals surface area contributed by atoms with Crippen molar-refractivity contribution in [3.8, 4) is 45.3 Å². The van der Waals surface area contributed by atoms with Gasteiger partial charge in [0, 0.05) is 59.6 Å². The Morgan fingerprint density at radius 2 is 0.827 bits per heavy atom. The topological polar surface area (TPSA) is 78.1 Å². The summed E-state index contributed by atoms with van der Waals surface area (Å²) in [5.41, 5.74) is 9.14. The van der Waals surface area contributed by atoms with Crippen LogP contribution in [0, 0.1) is 0 Å². The molecule has 244 valence electrons. The monoisotopic (exact) mass is 689 g/mol. The Kier molecular flexibility index (Phi) is 6.21. The highest BCUT2D eigenvalue weighted by Crippen LogP contribution is 2.41. The third-order valence-electron chi connectivity index (χ3n) is 9.83. The Morgan fingerprint density at radius 3 is 1.46 bits per heavy atom. The molecule has 52 heavy (non-hydrogen) atoms. The lowest BCUT2D eigenvalue weighted by Crippen LogP contribution is -2.01. The number of hydrogen-bond acceptors (Lipinski definition) is 6. The van der Waals surface area contributed by atoms with E-state index in [1.165, 1.54) is 0 Å². The zero-order valence-corrected chi connectivity index (χ0v) is 28.1. The largest absolute Gasteiger partial charge is 0.456 e. The SMILES string of the molecule is Clc1ccc(-c2nc(-c3cccc4oc5ccccc5c34)nc(-c3cccc4oc5ccccc5c34)n2)cc1-c1ccc2oc3ccccc3c2c1. The lowest BCUT2D eigenvalue weighted by molar-refractivity contribution is 0.668. The second-order valence-corrected chi connectivity index (χ2v) is 13.3. The normalized spacial score (nSPS) is 11.9. The van der Waals surface area contributed by atoms with Gasteiger partial charge in [-0.3, -0.25) is 0 Å². The third kappa shape index (κ3) is 4.41. The van der Waals surface area contributed by atoms with Gasteiger partial charge in [0.15, 0.2) is 17.5 Å². The Hall–Kier alpha value is -6.76. The first kappa shape index (κ1) is 29.0. The predicted molar refractivity (Wildman–Crippen MR) is 208 cm³/mol. The molecule has 0 atom stereocenters. The molecule has 0 aliphatic rings. The van der Waals surface area contributed by atoms with Gasteiger partial charge in [-0.25, -0.2) is 15.0 Å². The molecule has 6 nitrogen and oxygen atoms in total. The van der Waals surface area contributed by atoms with Gasteiger partial charge in [0.1, 0.15) is 33.5 Å². The lowest BCUT2D eigenvalue weighted by atomic mass is 10.00. The molecule has 0 bridgehead atoms. The summed E-state index contributed by atoms with van der Waals surface area (Å²) in [5, 5.41) is 6.59. The minimum atomic E-state index is 0.516. The molecule has 0 radical (unpaired) electrons. The van der Waals surface area contributed by atoms with Crippen LogP contribution in [0.1, 0.15) is 0 Å². The van der Waals surface area contributed by atoms with E-state index in [-0.39, 0.29) is 0 Å². The summed E-state index contributed by atoms with van der Waals surface area (Å²) in [6.45, 7) is 0. The molecule has 0 unspecified atom stereocenters. The van der Waals surface area contributed by atoms with Crippen molar-refractivity contribution >= 4 is 77.4 Å². The van der Waals surface area contributed by atoms with Gasteiger partial charge >= 0.3 is 0 Å². The first-order valence-corrected chi connectivity index (χ1v) is 17.3. The molecule has 11 rings (SSSR count). The van der Waals surface area contributed by atoms with Crippen LogP contribution in [0.4, 0.5) is 0 Å². The number of aromatic nitrogens is 3. The van der Waals surface area contributed by atoms with Crippen LogP contribution in [-0.2, 0) is 0 Å². The first-order valence-electron chi connectivity index (χ1n) is 17.0. The second kappa shape index (κ2) is 11.1. The van der Waals surface area contributed by atoms with E-state index in [0.29, 0.717) is 22.5 Å². The van der Waals surface area contributed by atoms with Crippen molar-refractivity contribution < 1.29 is 13.3 Å². The summed E-state index contributed by atoms with van der Waals surface area (Å²) < 4.78 is 18.6. The van der Waals surface area contributed by atoms with Crippen molar-refractivity contribution in [2.45, 2.75) is 0 Å². The molecule has 4 aromatic heterocycles. The lowest BCUT2D eigenvalue weighted by Gasteiger charge is -2.12. The minimum absolute atomic E-state index is 0.516. The van der Waals surface area contributed by atoms with Gasteiger partial charge in [0.25, 0.3) is 0 Å². The van der Waals surface area contributed by atoms with E-state index >= 15 is 0 Å². The summed E-state index contributed by atoms with van der Waals surface area (Å²) in [7, 11) is 0. The van der Waals surface area contributed by atoms with Gasteiger partial charge < -0.3 is 13.3 Å². The van der Waals surface area contributed by atoms with Gasteiger partial charge in [-0.15, -0.1) is 0 Å². The Balaban J connectivity index is 1.16. The van der Waals surface area contributed by atoms with E-state index < -0.39 is 0 Å². The Morgan fingerprint density at radius 1 is 0.346 bits per heavy atom. The van der Waals surface area contributed by atoms with Crippen LogP contribution >= 0.6 is 11.6 Å². The molecule has 0 amide bonds. The molecule has 0 saturated carbocycles. The number of fused-ring (bicyclic) bond motifs is 9. The van der Waals surface area contributed by atoms with Crippen molar-refractivity contribution in [2.75, 3.05) is 0 Å². The molecule has 0 spiro atoms. The van der Waals surface area contributed by atoms with E-state index in [2.05, 4.69) is 30.3 Å². The number of nitrogens with zero attached hydrogens (tertiary/aromatic N) is 3. The smallest absolute Gasteiger partial charge is 0.164 e. The Labute approximate surface area is 300 Å². The molecule has 7 heteroatoms. The fourth-order valence-corrected chi connectivity index (χ4v) is 7.67. The van der Waals surface area contributed by atoms with Gasteiger partial charge in [-0.05, 0) is 66.2 Å². The zero-order chi connectivity index (χ0) is 34.3. The molecular formula is C45H24ClN3O3. The Bertz CT molecular complexity index is 3100. The molecule has 0 aliphatic carbocycles. The van der Waals surface area contributed by atoms with E-state index in [0.717, 1.165) is 93.6 Å². The van der Waals surface area contributed by atoms with Crippen LogP contribution in [0.2, 0.25) is 5.02 Å². The van der Waals surface area contributed by atoms with Crippen LogP contribution in [0.5, 0.6) is 0 Å². The number of halogens is 1. The maximum Gasteiger partial charge on any atom is 0.164 e. The second-order valence-electron chi connectivity index (χ2n) is 12.9. The van der Waals surface area contributed by atoms with Gasteiger partial charge in [0.05, 0.1) is 0 Å². The van der Waals surface area contributed by atoms with Crippen LogP contribution < -0.4 is 0 Å². The average Bonchev–Trinajstić information content (AvgIpc) is 3.89.